The summed E-state index contributed by atoms with van der Waals surface area (Å²) in [6.07, 6.45) is 4.32. The molecule has 2 atom stereocenters. The maximum atomic E-state index is 11.9. The minimum atomic E-state index is -0.421. The largest absolute Gasteiger partial charge is 0.396 e. The van der Waals surface area contributed by atoms with Gasteiger partial charge >= 0.3 is 0 Å². The Balaban J connectivity index is 0.00000324. The number of aliphatic hydroxyl groups excluding tert-OH is 1. The standard InChI is InChI=1S/C14H28N2O2.ClH/c1-10(2)12(15)13(18)16-9-14(6-4-7-14)11(3)5-8-17;/h10-12,17H,4-9,15H2,1-3H3,(H,16,18);1H/t11?,12-;/m0./s1. The average Bonchev–Trinajstić information content (AvgIpc) is 2.26. The number of carbonyl (C=O) groups excluding carboxylic acids is 1. The van der Waals surface area contributed by atoms with Gasteiger partial charge in [-0.3, -0.25) is 4.79 Å². The Hall–Kier alpha value is -0.320. The molecule has 1 fully saturated rings. The number of hydrogen-bond acceptors (Lipinski definition) is 3. The molecule has 0 heterocycles. The van der Waals surface area contributed by atoms with Gasteiger partial charge in [-0.05, 0) is 36.5 Å². The first-order chi connectivity index (χ1) is 8.43. The van der Waals surface area contributed by atoms with Gasteiger partial charge < -0.3 is 16.2 Å². The Kier molecular flexibility index (Phi) is 7.94. The summed E-state index contributed by atoms with van der Waals surface area (Å²) in [5, 5.41) is 12.1. The van der Waals surface area contributed by atoms with Crippen molar-refractivity contribution in [3.63, 3.8) is 0 Å². The fourth-order valence-corrected chi connectivity index (χ4v) is 2.66. The van der Waals surface area contributed by atoms with E-state index in [0.29, 0.717) is 12.5 Å². The summed E-state index contributed by atoms with van der Waals surface area (Å²) in [4.78, 5) is 11.9. The molecule has 0 aromatic carbocycles. The van der Waals surface area contributed by atoms with Gasteiger partial charge in [-0.25, -0.2) is 0 Å². The molecule has 0 aliphatic heterocycles. The van der Waals surface area contributed by atoms with Gasteiger partial charge in [0.1, 0.15) is 0 Å². The summed E-state index contributed by atoms with van der Waals surface area (Å²) in [5.41, 5.74) is 6.02. The van der Waals surface area contributed by atoms with Gasteiger partial charge in [0, 0.05) is 13.2 Å². The lowest BCUT2D eigenvalue weighted by Crippen LogP contribution is -2.51. The van der Waals surface area contributed by atoms with E-state index in [1.54, 1.807) is 0 Å². The predicted molar refractivity (Wildman–Crippen MR) is 80.2 cm³/mol. The quantitative estimate of drug-likeness (QED) is 0.668. The monoisotopic (exact) mass is 292 g/mol. The molecule has 0 aromatic rings. The van der Waals surface area contributed by atoms with Gasteiger partial charge in [0.25, 0.3) is 0 Å². The summed E-state index contributed by atoms with van der Waals surface area (Å²) in [7, 11) is 0. The SMILES string of the molecule is CC(C)[C@H](N)C(=O)NCC1(C(C)CCO)CCC1.Cl. The third-order valence-electron chi connectivity index (χ3n) is 4.59. The molecule has 0 radical (unpaired) electrons. The number of halogens is 1. The second kappa shape index (κ2) is 8.08. The molecule has 4 nitrogen and oxygen atoms in total. The maximum absolute atomic E-state index is 11.9. The number of carbonyl (C=O) groups is 1. The normalized spacial score (nSPS) is 20.1. The molecule has 1 aliphatic rings. The van der Waals surface area contributed by atoms with E-state index >= 15 is 0 Å². The number of nitrogens with two attached hydrogens (primary N) is 1. The van der Waals surface area contributed by atoms with E-state index in [2.05, 4.69) is 12.2 Å². The highest BCUT2D eigenvalue weighted by molar-refractivity contribution is 5.85. The minimum absolute atomic E-state index is 0. The van der Waals surface area contributed by atoms with E-state index in [0.717, 1.165) is 19.3 Å². The zero-order valence-electron chi connectivity index (χ0n) is 12.3. The summed E-state index contributed by atoms with van der Waals surface area (Å²) in [5.74, 6) is 0.566. The van der Waals surface area contributed by atoms with Crippen LogP contribution >= 0.6 is 12.4 Å². The van der Waals surface area contributed by atoms with Crippen LogP contribution in [-0.2, 0) is 4.79 Å². The maximum Gasteiger partial charge on any atom is 0.237 e. The molecule has 0 saturated heterocycles. The van der Waals surface area contributed by atoms with Crippen molar-refractivity contribution in [1.29, 1.82) is 0 Å². The van der Waals surface area contributed by atoms with E-state index in [-0.39, 0.29) is 36.3 Å². The molecule has 1 saturated carbocycles. The second-order valence-corrected chi connectivity index (χ2v) is 6.12. The molecule has 0 aromatic heterocycles. The third kappa shape index (κ3) is 4.62. The molecule has 0 bridgehead atoms. The molecule has 4 N–H and O–H groups in total. The van der Waals surface area contributed by atoms with Crippen molar-refractivity contribution >= 4 is 18.3 Å². The fraction of sp³-hybridized carbons (Fsp3) is 0.929. The van der Waals surface area contributed by atoms with E-state index in [1.165, 1.54) is 6.42 Å². The van der Waals surface area contributed by atoms with Crippen LogP contribution in [0.2, 0.25) is 0 Å². The van der Waals surface area contributed by atoms with Crippen LogP contribution in [0.15, 0.2) is 0 Å². The molecular formula is C14H29ClN2O2. The first-order valence-electron chi connectivity index (χ1n) is 7.07. The van der Waals surface area contributed by atoms with E-state index in [9.17, 15) is 4.79 Å². The van der Waals surface area contributed by atoms with Crippen molar-refractivity contribution in [2.45, 2.75) is 52.5 Å². The van der Waals surface area contributed by atoms with Gasteiger partial charge in [0.2, 0.25) is 5.91 Å². The highest BCUT2D eigenvalue weighted by Crippen LogP contribution is 2.47. The van der Waals surface area contributed by atoms with Gasteiger partial charge in [0.15, 0.2) is 0 Å². The van der Waals surface area contributed by atoms with Crippen LogP contribution in [-0.4, -0.2) is 30.2 Å². The first kappa shape index (κ1) is 18.7. The molecule has 1 unspecified atom stereocenters. The molecule has 0 spiro atoms. The molecule has 1 rings (SSSR count). The van der Waals surface area contributed by atoms with Crippen LogP contribution in [0.4, 0.5) is 0 Å². The minimum Gasteiger partial charge on any atom is -0.396 e. The van der Waals surface area contributed by atoms with Gasteiger partial charge in [0.05, 0.1) is 6.04 Å². The zero-order valence-corrected chi connectivity index (χ0v) is 13.1. The molecule has 1 amide bonds. The lowest BCUT2D eigenvalue weighted by molar-refractivity contribution is -0.124. The van der Waals surface area contributed by atoms with Crippen molar-refractivity contribution < 1.29 is 9.90 Å². The Morgan fingerprint density at radius 2 is 1.95 bits per heavy atom. The van der Waals surface area contributed by atoms with E-state index < -0.39 is 6.04 Å². The number of rotatable bonds is 7. The van der Waals surface area contributed by atoms with E-state index in [4.69, 9.17) is 10.8 Å². The molecule has 5 heteroatoms. The highest BCUT2D eigenvalue weighted by Gasteiger charge is 2.41. The van der Waals surface area contributed by atoms with Crippen LogP contribution in [0.25, 0.3) is 0 Å². The van der Waals surface area contributed by atoms with Crippen LogP contribution in [0, 0.1) is 17.3 Å². The zero-order chi connectivity index (χ0) is 13.8. The molecule has 114 valence electrons. The Labute approximate surface area is 122 Å². The van der Waals surface area contributed by atoms with Crippen molar-refractivity contribution in [2.24, 2.45) is 23.0 Å². The number of amides is 1. The Morgan fingerprint density at radius 1 is 1.37 bits per heavy atom. The number of aliphatic hydroxyl groups is 1. The van der Waals surface area contributed by atoms with Crippen molar-refractivity contribution in [1.82, 2.24) is 5.32 Å². The van der Waals surface area contributed by atoms with Gasteiger partial charge in [-0.2, -0.15) is 0 Å². The van der Waals surface area contributed by atoms with E-state index in [1.807, 2.05) is 13.8 Å². The van der Waals surface area contributed by atoms with Crippen LogP contribution in [0.1, 0.15) is 46.5 Å². The van der Waals surface area contributed by atoms with Crippen LogP contribution < -0.4 is 11.1 Å². The molecular weight excluding hydrogens is 264 g/mol. The Morgan fingerprint density at radius 3 is 2.32 bits per heavy atom. The summed E-state index contributed by atoms with van der Waals surface area (Å²) in [6, 6.07) is -0.421. The topological polar surface area (TPSA) is 75.4 Å². The lowest BCUT2D eigenvalue weighted by Gasteiger charge is -2.47. The number of nitrogens with one attached hydrogen (secondary N) is 1. The predicted octanol–water partition coefficient (Wildman–Crippen LogP) is 1.70. The van der Waals surface area contributed by atoms with Gasteiger partial charge in [-0.15, -0.1) is 12.4 Å². The fourth-order valence-electron chi connectivity index (χ4n) is 2.66. The first-order valence-corrected chi connectivity index (χ1v) is 7.07. The second-order valence-electron chi connectivity index (χ2n) is 6.12. The van der Waals surface area contributed by atoms with Crippen LogP contribution in [0.3, 0.4) is 0 Å². The summed E-state index contributed by atoms with van der Waals surface area (Å²) in [6.45, 7) is 7.01. The molecule has 19 heavy (non-hydrogen) atoms. The van der Waals surface area contributed by atoms with Crippen molar-refractivity contribution in [3.05, 3.63) is 0 Å². The van der Waals surface area contributed by atoms with Crippen LogP contribution in [0.5, 0.6) is 0 Å². The third-order valence-corrected chi connectivity index (χ3v) is 4.59. The number of hydrogen-bond donors (Lipinski definition) is 3. The Bertz CT molecular complexity index is 281. The average molecular weight is 293 g/mol. The smallest absolute Gasteiger partial charge is 0.237 e. The van der Waals surface area contributed by atoms with Gasteiger partial charge in [-0.1, -0.05) is 27.2 Å². The molecule has 1 aliphatic carbocycles. The van der Waals surface area contributed by atoms with Crippen molar-refractivity contribution in [2.75, 3.05) is 13.2 Å². The highest BCUT2D eigenvalue weighted by atomic mass is 35.5. The lowest BCUT2D eigenvalue weighted by atomic mass is 9.60. The summed E-state index contributed by atoms with van der Waals surface area (Å²) < 4.78 is 0. The summed E-state index contributed by atoms with van der Waals surface area (Å²) >= 11 is 0. The van der Waals surface area contributed by atoms with Crippen molar-refractivity contribution in [3.8, 4) is 0 Å².